The number of carbonyl (C=O) groups is 1. The van der Waals surface area contributed by atoms with Crippen molar-refractivity contribution in [3.8, 4) is 6.07 Å². The number of thiophene rings is 1. The van der Waals surface area contributed by atoms with Crippen LogP contribution < -0.4 is 4.90 Å². The highest BCUT2D eigenvalue weighted by atomic mass is 32.2. The Morgan fingerprint density at radius 1 is 1.24 bits per heavy atom. The highest BCUT2D eigenvalue weighted by molar-refractivity contribution is 7.99. The molecule has 0 spiro atoms. The number of rotatable bonds is 9. The van der Waals surface area contributed by atoms with Crippen LogP contribution in [0.3, 0.4) is 0 Å². The van der Waals surface area contributed by atoms with Crippen LogP contribution >= 0.6 is 23.1 Å². The first kappa shape index (κ1) is 19.7. The lowest BCUT2D eigenvalue weighted by Gasteiger charge is -2.21. The van der Waals surface area contributed by atoms with E-state index in [1.165, 1.54) is 16.6 Å². The van der Waals surface area contributed by atoms with Crippen molar-refractivity contribution in [2.75, 3.05) is 17.2 Å². The van der Waals surface area contributed by atoms with Gasteiger partial charge in [-0.3, -0.25) is 4.79 Å². The summed E-state index contributed by atoms with van der Waals surface area (Å²) in [6.45, 7) is 0.388. The molecule has 0 aliphatic heterocycles. The lowest BCUT2D eigenvalue weighted by Crippen LogP contribution is -2.33. The number of para-hydroxylation sites is 1. The number of benzene rings is 1. The smallest absolute Gasteiger partial charge is 0.237 e. The van der Waals surface area contributed by atoms with E-state index in [1.807, 2.05) is 36.4 Å². The highest BCUT2D eigenvalue weighted by Crippen LogP contribution is 2.39. The van der Waals surface area contributed by atoms with Gasteiger partial charge in [0.1, 0.15) is 5.82 Å². The van der Waals surface area contributed by atoms with Crippen LogP contribution in [0, 0.1) is 11.3 Å². The third-order valence-corrected chi connectivity index (χ3v) is 6.50. The molecular formula is C21H21N5OS2. The summed E-state index contributed by atoms with van der Waals surface area (Å²) < 4.78 is 2.21. The molecule has 0 saturated heterocycles. The summed E-state index contributed by atoms with van der Waals surface area (Å²) in [6, 6.07) is 16.2. The number of anilines is 1. The number of hydrogen-bond donors (Lipinski definition) is 0. The normalized spacial score (nSPS) is 13.2. The van der Waals surface area contributed by atoms with Crippen LogP contribution in [0.2, 0.25) is 0 Å². The predicted octanol–water partition coefficient (Wildman–Crippen LogP) is 4.30. The maximum absolute atomic E-state index is 12.9. The van der Waals surface area contributed by atoms with Crippen molar-refractivity contribution in [3.05, 3.63) is 58.5 Å². The average Bonchev–Trinajstić information content (AvgIpc) is 3.30. The van der Waals surface area contributed by atoms with E-state index >= 15 is 0 Å². The quantitative estimate of drug-likeness (QED) is 0.480. The van der Waals surface area contributed by atoms with Crippen LogP contribution in [-0.4, -0.2) is 33.0 Å². The molecule has 29 heavy (non-hydrogen) atoms. The second kappa shape index (κ2) is 9.25. The van der Waals surface area contributed by atoms with Gasteiger partial charge in [0.15, 0.2) is 5.16 Å². The summed E-state index contributed by atoms with van der Waals surface area (Å²) in [5.41, 5.74) is 0.815. The van der Waals surface area contributed by atoms with Crippen molar-refractivity contribution < 1.29 is 4.79 Å². The van der Waals surface area contributed by atoms with Gasteiger partial charge in [-0.25, -0.2) is 0 Å². The topological polar surface area (TPSA) is 74.8 Å². The van der Waals surface area contributed by atoms with Gasteiger partial charge in [-0.05, 0) is 36.4 Å². The molecular weight excluding hydrogens is 402 g/mol. The standard InChI is InChI=1S/C21H21N5OS2/c22-11-5-12-25(16-6-2-1-3-7-16)20(27)15-29-21-24-23-19(26(21)17-9-10-17)14-18-8-4-13-28-18/h1-4,6-8,13,17H,5,9-10,12,14-15H2. The second-order valence-corrected chi connectivity index (χ2v) is 8.81. The molecule has 0 bridgehead atoms. The van der Waals surface area contributed by atoms with Gasteiger partial charge in [-0.15, -0.1) is 21.5 Å². The molecule has 0 unspecified atom stereocenters. The molecule has 4 rings (SSSR count). The van der Waals surface area contributed by atoms with Crippen LogP contribution in [-0.2, 0) is 11.2 Å². The molecule has 1 amide bonds. The minimum absolute atomic E-state index is 0.0263. The third-order valence-electron chi connectivity index (χ3n) is 4.70. The van der Waals surface area contributed by atoms with E-state index in [1.54, 1.807) is 16.2 Å². The Hall–Kier alpha value is -2.63. The summed E-state index contributed by atoms with van der Waals surface area (Å²) in [7, 11) is 0. The van der Waals surface area contributed by atoms with E-state index in [0.717, 1.165) is 35.9 Å². The Morgan fingerprint density at radius 3 is 2.76 bits per heavy atom. The van der Waals surface area contributed by atoms with Gasteiger partial charge in [0.05, 0.1) is 18.2 Å². The summed E-state index contributed by atoms with van der Waals surface area (Å²) in [5.74, 6) is 1.21. The third kappa shape index (κ3) is 4.86. The molecule has 1 saturated carbocycles. The number of nitrogens with zero attached hydrogens (tertiary/aromatic N) is 5. The van der Waals surface area contributed by atoms with Gasteiger partial charge < -0.3 is 9.47 Å². The zero-order chi connectivity index (χ0) is 20.1. The summed E-state index contributed by atoms with van der Waals surface area (Å²) in [5, 5.41) is 20.6. The van der Waals surface area contributed by atoms with E-state index in [-0.39, 0.29) is 11.7 Å². The number of carbonyl (C=O) groups excluding carboxylic acids is 1. The molecule has 8 heteroatoms. The molecule has 6 nitrogen and oxygen atoms in total. The van der Waals surface area contributed by atoms with Gasteiger partial charge >= 0.3 is 0 Å². The van der Waals surface area contributed by atoms with E-state index in [9.17, 15) is 4.79 Å². The molecule has 3 aromatic rings. The summed E-state index contributed by atoms with van der Waals surface area (Å²) in [4.78, 5) is 15.9. The first-order valence-corrected chi connectivity index (χ1v) is 11.4. The fourth-order valence-corrected chi connectivity index (χ4v) is 4.77. The average molecular weight is 424 g/mol. The number of thioether (sulfide) groups is 1. The van der Waals surface area contributed by atoms with Gasteiger partial charge in [0.2, 0.25) is 5.91 Å². The molecule has 1 aliphatic carbocycles. The number of aromatic nitrogens is 3. The molecule has 1 aromatic carbocycles. The van der Waals surface area contributed by atoms with Crippen molar-refractivity contribution >= 4 is 34.7 Å². The molecule has 0 N–H and O–H groups in total. The Balaban J connectivity index is 1.47. The predicted molar refractivity (Wildman–Crippen MR) is 115 cm³/mol. The lowest BCUT2D eigenvalue weighted by atomic mass is 10.2. The van der Waals surface area contributed by atoms with Crippen molar-refractivity contribution in [1.29, 1.82) is 5.26 Å². The van der Waals surface area contributed by atoms with Crippen LogP contribution in [0.1, 0.15) is 36.0 Å². The molecule has 1 aliphatic rings. The van der Waals surface area contributed by atoms with Crippen molar-refractivity contribution in [2.24, 2.45) is 0 Å². The molecule has 2 heterocycles. The minimum atomic E-state index is -0.0263. The molecule has 0 radical (unpaired) electrons. The Labute approximate surface area is 178 Å². The summed E-state index contributed by atoms with van der Waals surface area (Å²) in [6.07, 6.45) is 3.34. The monoisotopic (exact) mass is 423 g/mol. The number of hydrogen-bond acceptors (Lipinski definition) is 6. The fourth-order valence-electron chi connectivity index (χ4n) is 3.17. The Bertz CT molecular complexity index is 990. The summed E-state index contributed by atoms with van der Waals surface area (Å²) >= 11 is 3.15. The van der Waals surface area contributed by atoms with Gasteiger partial charge in [-0.2, -0.15) is 5.26 Å². The molecule has 1 fully saturated rings. The van der Waals surface area contributed by atoms with E-state index < -0.39 is 0 Å². The van der Waals surface area contributed by atoms with Crippen LogP contribution in [0.25, 0.3) is 0 Å². The number of amides is 1. The Kier molecular flexibility index (Phi) is 6.27. The van der Waals surface area contributed by atoms with Crippen molar-refractivity contribution in [2.45, 2.75) is 36.9 Å². The maximum atomic E-state index is 12.9. The van der Waals surface area contributed by atoms with Crippen molar-refractivity contribution in [1.82, 2.24) is 14.8 Å². The SMILES string of the molecule is N#CCCN(C(=O)CSc1nnc(Cc2cccs2)n1C1CC1)c1ccccc1. The van der Waals surface area contributed by atoms with Gasteiger partial charge in [0, 0.05) is 29.6 Å². The molecule has 148 valence electrons. The van der Waals surface area contributed by atoms with E-state index in [4.69, 9.17) is 5.26 Å². The van der Waals surface area contributed by atoms with E-state index in [0.29, 0.717) is 19.0 Å². The van der Waals surface area contributed by atoms with E-state index in [2.05, 4.69) is 32.3 Å². The first-order valence-electron chi connectivity index (χ1n) is 9.57. The largest absolute Gasteiger partial charge is 0.311 e. The molecule has 0 atom stereocenters. The molecule has 2 aromatic heterocycles. The second-order valence-electron chi connectivity index (χ2n) is 6.83. The first-order chi connectivity index (χ1) is 14.3. The van der Waals surface area contributed by atoms with Crippen LogP contribution in [0.15, 0.2) is 53.0 Å². The highest BCUT2D eigenvalue weighted by Gasteiger charge is 2.30. The van der Waals surface area contributed by atoms with Gasteiger partial charge in [0.25, 0.3) is 0 Å². The van der Waals surface area contributed by atoms with Crippen LogP contribution in [0.5, 0.6) is 0 Å². The van der Waals surface area contributed by atoms with Gasteiger partial charge in [-0.1, -0.05) is 36.0 Å². The fraction of sp³-hybridized carbons (Fsp3) is 0.333. The van der Waals surface area contributed by atoms with Crippen molar-refractivity contribution in [3.63, 3.8) is 0 Å². The zero-order valence-electron chi connectivity index (χ0n) is 15.9. The zero-order valence-corrected chi connectivity index (χ0v) is 17.5. The Morgan fingerprint density at radius 2 is 2.07 bits per heavy atom. The minimum Gasteiger partial charge on any atom is -0.311 e. The lowest BCUT2D eigenvalue weighted by molar-refractivity contribution is -0.116. The maximum Gasteiger partial charge on any atom is 0.237 e. The van der Waals surface area contributed by atoms with Crippen LogP contribution in [0.4, 0.5) is 5.69 Å². The number of nitriles is 1.